The van der Waals surface area contributed by atoms with Crippen molar-refractivity contribution in [2.75, 3.05) is 0 Å². The number of Topliss-reactive ketones (excluding diaryl/α,β-unsaturated/α-hetero) is 1. The fourth-order valence-electron chi connectivity index (χ4n) is 3.65. The molecule has 1 heterocycles. The summed E-state index contributed by atoms with van der Waals surface area (Å²) in [5, 5.41) is 52.4. The Kier molecular flexibility index (Phi) is 6.50. The van der Waals surface area contributed by atoms with Crippen LogP contribution in [-0.2, 0) is 12.8 Å². The SMILES string of the molecule is CC(C)=CCc1c(O)c(CC=C(C)C)c2c(c1O)C(=O)[C@H](O)[C@@H](c1ccc(O)cc1O)O2. The van der Waals surface area contributed by atoms with Crippen LogP contribution < -0.4 is 4.74 Å². The van der Waals surface area contributed by atoms with Crippen molar-refractivity contribution in [3.63, 3.8) is 0 Å². The van der Waals surface area contributed by atoms with Crippen LogP contribution in [0.2, 0.25) is 0 Å². The van der Waals surface area contributed by atoms with Crippen molar-refractivity contribution in [3.8, 4) is 28.7 Å². The van der Waals surface area contributed by atoms with Gasteiger partial charge in [-0.05, 0) is 52.7 Å². The summed E-state index contributed by atoms with van der Waals surface area (Å²) in [5.41, 5.74) is 2.33. The van der Waals surface area contributed by atoms with Gasteiger partial charge in [-0.25, -0.2) is 0 Å². The molecule has 0 saturated heterocycles. The molecule has 0 unspecified atom stereocenters. The Morgan fingerprint density at radius 1 is 0.938 bits per heavy atom. The van der Waals surface area contributed by atoms with Crippen LogP contribution in [0.3, 0.4) is 0 Å². The highest BCUT2D eigenvalue weighted by Crippen LogP contribution is 2.49. The number of hydrogen-bond acceptors (Lipinski definition) is 7. The minimum Gasteiger partial charge on any atom is -0.508 e. The molecule has 5 N–H and O–H groups in total. The van der Waals surface area contributed by atoms with Crippen molar-refractivity contribution in [1.82, 2.24) is 0 Å². The van der Waals surface area contributed by atoms with Crippen LogP contribution in [0.15, 0.2) is 41.5 Å². The lowest BCUT2D eigenvalue weighted by atomic mass is 9.87. The Morgan fingerprint density at radius 3 is 2.09 bits per heavy atom. The number of ether oxygens (including phenoxy) is 1. The number of hydrogen-bond donors (Lipinski definition) is 5. The van der Waals surface area contributed by atoms with E-state index >= 15 is 0 Å². The number of phenols is 4. The van der Waals surface area contributed by atoms with E-state index in [0.29, 0.717) is 5.56 Å². The van der Waals surface area contributed by atoms with E-state index in [1.807, 2.05) is 39.8 Å². The summed E-state index contributed by atoms with van der Waals surface area (Å²) in [5.74, 6) is -1.98. The number of carbonyl (C=O) groups is 1. The van der Waals surface area contributed by atoms with Crippen LogP contribution in [-0.4, -0.2) is 37.4 Å². The maximum Gasteiger partial charge on any atom is 0.202 e. The minimum atomic E-state index is -1.71. The Bertz CT molecular complexity index is 1120. The zero-order valence-corrected chi connectivity index (χ0v) is 18.5. The van der Waals surface area contributed by atoms with E-state index in [2.05, 4.69) is 0 Å². The highest BCUT2D eigenvalue weighted by Gasteiger charge is 2.42. The Morgan fingerprint density at radius 2 is 1.53 bits per heavy atom. The molecule has 0 bridgehead atoms. The molecule has 2 atom stereocenters. The molecule has 1 aliphatic heterocycles. The minimum absolute atomic E-state index is 0.0359. The lowest BCUT2D eigenvalue weighted by Gasteiger charge is -2.32. The van der Waals surface area contributed by atoms with Gasteiger partial charge in [0.15, 0.2) is 12.2 Å². The summed E-state index contributed by atoms with van der Waals surface area (Å²) in [6.07, 6.45) is 1.10. The van der Waals surface area contributed by atoms with Gasteiger partial charge in [0, 0.05) is 22.8 Å². The van der Waals surface area contributed by atoms with Crippen molar-refractivity contribution in [2.24, 2.45) is 0 Å². The summed E-state index contributed by atoms with van der Waals surface area (Å²) in [6.45, 7) is 7.54. The molecule has 2 aromatic rings. The zero-order chi connectivity index (χ0) is 23.7. The third-order valence-corrected chi connectivity index (χ3v) is 5.39. The summed E-state index contributed by atoms with van der Waals surface area (Å²) < 4.78 is 5.95. The topological polar surface area (TPSA) is 127 Å². The van der Waals surface area contributed by atoms with Crippen molar-refractivity contribution in [2.45, 2.75) is 52.7 Å². The first-order valence-corrected chi connectivity index (χ1v) is 10.3. The second-order valence-corrected chi connectivity index (χ2v) is 8.42. The van der Waals surface area contributed by atoms with Gasteiger partial charge in [-0.1, -0.05) is 23.3 Å². The van der Waals surface area contributed by atoms with Gasteiger partial charge in [0.1, 0.15) is 34.3 Å². The fourth-order valence-corrected chi connectivity index (χ4v) is 3.65. The van der Waals surface area contributed by atoms with E-state index in [4.69, 9.17) is 4.74 Å². The van der Waals surface area contributed by atoms with Crippen molar-refractivity contribution in [3.05, 3.63) is 63.8 Å². The Hall–Kier alpha value is -3.45. The molecule has 0 saturated carbocycles. The summed E-state index contributed by atoms with van der Waals surface area (Å²) in [4.78, 5) is 13.2. The first-order chi connectivity index (χ1) is 15.0. The summed E-state index contributed by atoms with van der Waals surface area (Å²) in [7, 11) is 0. The first-order valence-electron chi connectivity index (χ1n) is 10.3. The molecule has 0 spiro atoms. The quantitative estimate of drug-likeness (QED) is 0.441. The summed E-state index contributed by atoms with van der Waals surface area (Å²) >= 11 is 0. The molecule has 0 amide bonds. The van der Waals surface area contributed by atoms with Gasteiger partial charge in [-0.3, -0.25) is 4.79 Å². The molecule has 0 fully saturated rings. The second-order valence-electron chi connectivity index (χ2n) is 8.42. The van der Waals surface area contributed by atoms with E-state index < -0.39 is 23.7 Å². The zero-order valence-electron chi connectivity index (χ0n) is 18.5. The van der Waals surface area contributed by atoms with Crippen molar-refractivity contribution in [1.29, 1.82) is 0 Å². The summed E-state index contributed by atoms with van der Waals surface area (Å²) in [6, 6.07) is 3.72. The monoisotopic (exact) mass is 440 g/mol. The molecule has 0 aromatic heterocycles. The predicted molar refractivity (Wildman–Crippen MR) is 120 cm³/mol. The Labute approximate surface area is 186 Å². The molecule has 2 aromatic carbocycles. The van der Waals surface area contributed by atoms with Crippen LogP contribution in [0.5, 0.6) is 28.7 Å². The standard InChI is InChI=1S/C25H28O7/c1-12(2)5-8-16-20(28)17(9-6-13(3)4)24-19(21(16)29)22(30)23(31)25(32-24)15-10-7-14(26)11-18(15)27/h5-7,10-11,23,25-29,31H,8-9H2,1-4H3/t23-,25+/m0/s1. The molecular weight excluding hydrogens is 412 g/mol. The highest BCUT2D eigenvalue weighted by molar-refractivity contribution is 6.06. The van der Waals surface area contributed by atoms with E-state index in [0.717, 1.165) is 17.2 Å². The molecule has 1 aliphatic rings. The van der Waals surface area contributed by atoms with Crippen LogP contribution in [0.4, 0.5) is 0 Å². The molecule has 7 heteroatoms. The lowest BCUT2D eigenvalue weighted by molar-refractivity contribution is 0.0198. The van der Waals surface area contributed by atoms with Gasteiger partial charge in [0.25, 0.3) is 0 Å². The van der Waals surface area contributed by atoms with Crippen LogP contribution >= 0.6 is 0 Å². The van der Waals surface area contributed by atoms with Crippen molar-refractivity contribution < 1.29 is 35.1 Å². The van der Waals surface area contributed by atoms with Crippen LogP contribution in [0.25, 0.3) is 0 Å². The molecule has 170 valence electrons. The largest absolute Gasteiger partial charge is 0.508 e. The number of aliphatic hydroxyl groups excluding tert-OH is 1. The van der Waals surface area contributed by atoms with E-state index in [-0.39, 0.29) is 52.5 Å². The number of fused-ring (bicyclic) bond motifs is 1. The number of ketones is 1. The molecular formula is C25H28O7. The number of aliphatic hydroxyl groups is 1. The highest BCUT2D eigenvalue weighted by atomic mass is 16.5. The van der Waals surface area contributed by atoms with Gasteiger partial charge in [-0.2, -0.15) is 0 Å². The number of benzene rings is 2. The molecule has 32 heavy (non-hydrogen) atoms. The normalized spacial score (nSPS) is 17.3. The van der Waals surface area contributed by atoms with Gasteiger partial charge in [0.05, 0.1) is 0 Å². The number of allylic oxidation sites excluding steroid dienone is 4. The molecule has 0 radical (unpaired) electrons. The first kappa shape index (κ1) is 23.2. The average Bonchev–Trinajstić information content (AvgIpc) is 2.70. The molecule has 0 aliphatic carbocycles. The third-order valence-electron chi connectivity index (χ3n) is 5.39. The van der Waals surface area contributed by atoms with E-state index in [1.54, 1.807) is 0 Å². The number of phenolic OH excluding ortho intramolecular Hbond substituents is 4. The number of carbonyl (C=O) groups excluding carboxylic acids is 1. The average molecular weight is 440 g/mol. The number of aromatic hydroxyl groups is 4. The fraction of sp³-hybridized carbons (Fsp3) is 0.320. The molecule has 7 nitrogen and oxygen atoms in total. The maximum absolute atomic E-state index is 13.2. The van der Waals surface area contributed by atoms with Gasteiger partial charge < -0.3 is 30.3 Å². The van der Waals surface area contributed by atoms with E-state index in [9.17, 15) is 30.3 Å². The van der Waals surface area contributed by atoms with Crippen LogP contribution in [0, 0.1) is 0 Å². The smallest absolute Gasteiger partial charge is 0.202 e. The predicted octanol–water partition coefficient (Wildman–Crippen LogP) is 4.20. The molecule has 3 rings (SSSR count). The van der Waals surface area contributed by atoms with E-state index in [1.165, 1.54) is 12.1 Å². The van der Waals surface area contributed by atoms with Gasteiger partial charge >= 0.3 is 0 Å². The van der Waals surface area contributed by atoms with Gasteiger partial charge in [-0.15, -0.1) is 0 Å². The van der Waals surface area contributed by atoms with Gasteiger partial charge in [0.2, 0.25) is 5.78 Å². The maximum atomic E-state index is 13.2. The Balaban J connectivity index is 2.24. The van der Waals surface area contributed by atoms with Crippen LogP contribution in [0.1, 0.15) is 60.8 Å². The second kappa shape index (κ2) is 8.96. The number of rotatable bonds is 5. The third kappa shape index (κ3) is 4.29. The van der Waals surface area contributed by atoms with Crippen molar-refractivity contribution >= 4 is 5.78 Å². The lowest BCUT2D eigenvalue weighted by Crippen LogP contribution is -2.37.